The van der Waals surface area contributed by atoms with Crippen molar-refractivity contribution >= 4 is 18.3 Å². The maximum Gasteiger partial charge on any atom is 0.307 e. The molecule has 0 saturated heterocycles. The van der Waals surface area contributed by atoms with Crippen LogP contribution in [-0.4, -0.2) is 17.4 Å². The Morgan fingerprint density at radius 3 is 2.75 bits per heavy atom. The Bertz CT molecular complexity index is 424. The summed E-state index contributed by atoms with van der Waals surface area (Å²) in [6.45, 7) is 0. The Kier molecular flexibility index (Phi) is 4.39. The van der Waals surface area contributed by atoms with Crippen molar-refractivity contribution in [3.05, 3.63) is 41.2 Å². The third-order valence-corrected chi connectivity index (χ3v) is 1.95. The van der Waals surface area contributed by atoms with Gasteiger partial charge in [0.15, 0.2) is 0 Å². The van der Waals surface area contributed by atoms with Crippen LogP contribution >= 0.6 is 0 Å². The summed E-state index contributed by atoms with van der Waals surface area (Å²) >= 11 is 0. The van der Waals surface area contributed by atoms with Crippen molar-refractivity contribution in [2.75, 3.05) is 0 Å². The van der Waals surface area contributed by atoms with Crippen LogP contribution in [0.3, 0.4) is 0 Å². The van der Waals surface area contributed by atoms with E-state index in [1.807, 2.05) is 0 Å². The number of aldehydes is 1. The lowest BCUT2D eigenvalue weighted by Gasteiger charge is -2.00. The Hall–Kier alpha value is -1.97. The van der Waals surface area contributed by atoms with Crippen molar-refractivity contribution in [1.29, 1.82) is 0 Å². The minimum absolute atomic E-state index is 0.199. The highest BCUT2D eigenvalue weighted by Gasteiger charge is 2.04. The number of carbonyl (C=O) groups excluding carboxylic acids is 1. The molecule has 1 rings (SSSR count). The fourth-order valence-corrected chi connectivity index (χ4v) is 1.24. The molecule has 3 nitrogen and oxygen atoms in total. The molecule has 0 aliphatic rings. The zero-order valence-corrected chi connectivity index (χ0v) is 8.52. The summed E-state index contributed by atoms with van der Waals surface area (Å²) in [5.41, 5.74) is 0.758. The topological polar surface area (TPSA) is 54.4 Å². The normalized spacial score (nSPS) is 10.6. The molecule has 4 heteroatoms. The Morgan fingerprint density at radius 1 is 1.44 bits per heavy atom. The highest BCUT2D eigenvalue weighted by atomic mass is 19.1. The standard InChI is InChI=1S/C12H11FO3/c13-11-7-9(8-12(15)16)4-5-10(11)3-1-2-6-14/h1,3-7H,2,8H2,(H,15,16). The zero-order chi connectivity index (χ0) is 12.0. The van der Waals surface area contributed by atoms with E-state index in [1.165, 1.54) is 18.2 Å². The van der Waals surface area contributed by atoms with Crippen molar-refractivity contribution in [1.82, 2.24) is 0 Å². The van der Waals surface area contributed by atoms with Gasteiger partial charge in [-0.2, -0.15) is 0 Å². The van der Waals surface area contributed by atoms with Crippen molar-refractivity contribution in [3.63, 3.8) is 0 Å². The number of carboxylic acid groups (broad SMARTS) is 1. The SMILES string of the molecule is O=CCC=Cc1ccc(CC(=O)O)cc1F. The minimum atomic E-state index is -0.997. The van der Waals surface area contributed by atoms with E-state index in [1.54, 1.807) is 12.1 Å². The third-order valence-electron chi connectivity index (χ3n) is 1.95. The number of aliphatic carboxylic acids is 1. The minimum Gasteiger partial charge on any atom is -0.481 e. The van der Waals surface area contributed by atoms with Crippen LogP contribution in [0.1, 0.15) is 17.5 Å². The maximum absolute atomic E-state index is 13.4. The summed E-state index contributed by atoms with van der Waals surface area (Å²) in [5, 5.41) is 8.53. The van der Waals surface area contributed by atoms with Gasteiger partial charge in [-0.25, -0.2) is 4.39 Å². The van der Waals surface area contributed by atoms with Gasteiger partial charge in [0, 0.05) is 12.0 Å². The van der Waals surface area contributed by atoms with Crippen LogP contribution in [0.15, 0.2) is 24.3 Å². The van der Waals surface area contributed by atoms with E-state index >= 15 is 0 Å². The lowest BCUT2D eigenvalue weighted by Crippen LogP contribution is -2.00. The highest BCUT2D eigenvalue weighted by Crippen LogP contribution is 2.12. The molecule has 1 N–H and O–H groups in total. The molecular weight excluding hydrogens is 211 g/mol. The van der Waals surface area contributed by atoms with Gasteiger partial charge in [0.1, 0.15) is 12.1 Å². The second kappa shape index (κ2) is 5.80. The van der Waals surface area contributed by atoms with E-state index in [4.69, 9.17) is 5.11 Å². The zero-order valence-electron chi connectivity index (χ0n) is 8.52. The number of allylic oxidation sites excluding steroid dienone is 1. The fourth-order valence-electron chi connectivity index (χ4n) is 1.24. The molecule has 0 amide bonds. The molecule has 0 heterocycles. The van der Waals surface area contributed by atoms with Gasteiger partial charge in [0.05, 0.1) is 6.42 Å². The molecule has 1 aromatic carbocycles. The average Bonchev–Trinajstić information content (AvgIpc) is 2.20. The van der Waals surface area contributed by atoms with Crippen molar-refractivity contribution < 1.29 is 19.1 Å². The maximum atomic E-state index is 13.4. The molecule has 0 aromatic heterocycles. The first kappa shape index (κ1) is 12.1. The van der Waals surface area contributed by atoms with E-state index in [2.05, 4.69) is 0 Å². The summed E-state index contributed by atoms with van der Waals surface area (Å²) < 4.78 is 13.4. The first-order chi connectivity index (χ1) is 7.63. The molecule has 0 aliphatic heterocycles. The molecule has 0 bridgehead atoms. The number of carbonyl (C=O) groups is 2. The van der Waals surface area contributed by atoms with Crippen molar-refractivity contribution in [2.45, 2.75) is 12.8 Å². The second-order valence-corrected chi connectivity index (χ2v) is 3.23. The van der Waals surface area contributed by atoms with Crippen LogP contribution in [0.25, 0.3) is 6.08 Å². The molecular formula is C12H11FO3. The van der Waals surface area contributed by atoms with Gasteiger partial charge < -0.3 is 9.90 Å². The Morgan fingerprint density at radius 2 is 2.19 bits per heavy atom. The summed E-state index contributed by atoms with van der Waals surface area (Å²) in [7, 11) is 0. The van der Waals surface area contributed by atoms with Gasteiger partial charge in [0.25, 0.3) is 0 Å². The first-order valence-electron chi connectivity index (χ1n) is 4.74. The van der Waals surface area contributed by atoms with Crippen LogP contribution in [0.5, 0.6) is 0 Å². The average molecular weight is 222 g/mol. The van der Waals surface area contributed by atoms with Crippen molar-refractivity contribution in [2.24, 2.45) is 0 Å². The van der Waals surface area contributed by atoms with Gasteiger partial charge in [-0.3, -0.25) is 4.79 Å². The Balaban J connectivity index is 2.82. The van der Waals surface area contributed by atoms with Gasteiger partial charge in [-0.1, -0.05) is 24.3 Å². The molecule has 0 aliphatic carbocycles. The van der Waals surface area contributed by atoms with Crippen LogP contribution in [0, 0.1) is 5.82 Å². The number of rotatable bonds is 5. The van der Waals surface area contributed by atoms with Crippen molar-refractivity contribution in [3.8, 4) is 0 Å². The van der Waals surface area contributed by atoms with E-state index in [9.17, 15) is 14.0 Å². The first-order valence-corrected chi connectivity index (χ1v) is 4.74. The number of halogens is 1. The molecule has 0 saturated carbocycles. The lowest BCUT2D eigenvalue weighted by molar-refractivity contribution is -0.136. The highest BCUT2D eigenvalue weighted by molar-refractivity contribution is 5.70. The number of hydrogen-bond acceptors (Lipinski definition) is 2. The second-order valence-electron chi connectivity index (χ2n) is 3.23. The van der Waals surface area contributed by atoms with Gasteiger partial charge in [-0.05, 0) is 11.6 Å². The molecule has 0 radical (unpaired) electrons. The molecule has 0 atom stereocenters. The quantitative estimate of drug-likeness (QED) is 0.776. The van der Waals surface area contributed by atoms with Crippen LogP contribution in [0.4, 0.5) is 4.39 Å². The summed E-state index contributed by atoms with van der Waals surface area (Å²) in [6, 6.07) is 4.24. The number of benzene rings is 1. The molecule has 16 heavy (non-hydrogen) atoms. The van der Waals surface area contributed by atoms with E-state index in [-0.39, 0.29) is 12.8 Å². The summed E-state index contributed by atoms with van der Waals surface area (Å²) in [5.74, 6) is -1.48. The van der Waals surface area contributed by atoms with Gasteiger partial charge in [0.2, 0.25) is 0 Å². The Labute approximate surface area is 92.2 Å². The predicted molar refractivity (Wildman–Crippen MR) is 57.5 cm³/mol. The molecule has 0 fully saturated rings. The van der Waals surface area contributed by atoms with Gasteiger partial charge >= 0.3 is 5.97 Å². The molecule has 0 unspecified atom stereocenters. The lowest BCUT2D eigenvalue weighted by atomic mass is 10.1. The fraction of sp³-hybridized carbons (Fsp3) is 0.167. The third kappa shape index (κ3) is 3.65. The monoisotopic (exact) mass is 222 g/mol. The predicted octanol–water partition coefficient (Wildman–Crippen LogP) is 2.06. The number of hydrogen-bond donors (Lipinski definition) is 1. The van der Waals surface area contributed by atoms with E-state index in [0.29, 0.717) is 17.4 Å². The van der Waals surface area contributed by atoms with E-state index < -0.39 is 11.8 Å². The summed E-state index contributed by atoms with van der Waals surface area (Å²) in [6.07, 6.45) is 3.79. The smallest absolute Gasteiger partial charge is 0.307 e. The van der Waals surface area contributed by atoms with Crippen LogP contribution < -0.4 is 0 Å². The molecule has 0 spiro atoms. The largest absolute Gasteiger partial charge is 0.481 e. The molecule has 84 valence electrons. The van der Waals surface area contributed by atoms with E-state index in [0.717, 1.165) is 0 Å². The van der Waals surface area contributed by atoms with Crippen LogP contribution in [0.2, 0.25) is 0 Å². The van der Waals surface area contributed by atoms with Gasteiger partial charge in [-0.15, -0.1) is 0 Å². The number of carboxylic acids is 1. The molecule has 1 aromatic rings. The van der Waals surface area contributed by atoms with Crippen LogP contribution in [-0.2, 0) is 16.0 Å². The summed E-state index contributed by atoms with van der Waals surface area (Å²) in [4.78, 5) is 20.4.